The van der Waals surface area contributed by atoms with Crippen LogP contribution in [0.15, 0.2) is 10.7 Å². The van der Waals surface area contributed by atoms with Crippen molar-refractivity contribution in [2.45, 2.75) is 32.1 Å². The lowest BCUT2D eigenvalue weighted by Gasteiger charge is -2.20. The summed E-state index contributed by atoms with van der Waals surface area (Å²) in [5.41, 5.74) is 1.40. The molecule has 0 aromatic carbocycles. The Bertz CT molecular complexity index is 731. The zero-order valence-electron chi connectivity index (χ0n) is 12.5. The first kappa shape index (κ1) is 14.3. The van der Waals surface area contributed by atoms with Gasteiger partial charge in [0.15, 0.2) is 11.7 Å². The number of nitrogens with one attached hydrogen (secondary N) is 2. The van der Waals surface area contributed by atoms with E-state index in [0.29, 0.717) is 23.0 Å². The Morgan fingerprint density at radius 1 is 1.50 bits per heavy atom. The van der Waals surface area contributed by atoms with Gasteiger partial charge < -0.3 is 14.5 Å². The molecule has 0 fully saturated rings. The van der Waals surface area contributed by atoms with Gasteiger partial charge in [0.1, 0.15) is 12.0 Å². The molecule has 1 atom stereocenters. The topological polar surface area (TPSA) is 110 Å². The lowest BCUT2D eigenvalue weighted by molar-refractivity contribution is -0.116. The minimum Gasteiger partial charge on any atom is -0.464 e. The number of amides is 1. The van der Waals surface area contributed by atoms with Crippen molar-refractivity contribution in [1.82, 2.24) is 15.2 Å². The molecule has 116 valence electrons. The van der Waals surface area contributed by atoms with Gasteiger partial charge in [-0.25, -0.2) is 9.78 Å². The smallest absolute Gasteiger partial charge is 0.356 e. The number of aromatic nitrogens is 3. The molecule has 0 radical (unpaired) electrons. The molecule has 0 unspecified atom stereocenters. The average Bonchev–Trinajstić information content (AvgIpc) is 3.12. The highest BCUT2D eigenvalue weighted by Gasteiger charge is 2.35. The average molecular weight is 304 g/mol. The molecular weight excluding hydrogens is 288 g/mol. The van der Waals surface area contributed by atoms with Crippen LogP contribution in [0.3, 0.4) is 0 Å². The van der Waals surface area contributed by atoms with E-state index in [-0.39, 0.29) is 23.9 Å². The summed E-state index contributed by atoms with van der Waals surface area (Å²) in [4.78, 5) is 28.2. The lowest BCUT2D eigenvalue weighted by atomic mass is 9.89. The Hall–Kier alpha value is -2.64. The molecule has 0 aliphatic carbocycles. The third-order valence-corrected chi connectivity index (χ3v) is 3.58. The fraction of sp³-hybridized carbons (Fsp3) is 0.429. The molecule has 0 saturated heterocycles. The van der Waals surface area contributed by atoms with E-state index >= 15 is 0 Å². The van der Waals surface area contributed by atoms with Gasteiger partial charge in [-0.2, -0.15) is 5.10 Å². The van der Waals surface area contributed by atoms with Gasteiger partial charge in [-0.3, -0.25) is 9.89 Å². The Balaban J connectivity index is 2.07. The number of oxazole rings is 1. The first-order valence-corrected chi connectivity index (χ1v) is 6.93. The van der Waals surface area contributed by atoms with Crippen molar-refractivity contribution in [2.75, 3.05) is 12.4 Å². The molecule has 2 aromatic heterocycles. The summed E-state index contributed by atoms with van der Waals surface area (Å²) in [5, 5.41) is 9.24. The maximum absolute atomic E-state index is 11.9. The summed E-state index contributed by atoms with van der Waals surface area (Å²) in [6.07, 6.45) is 1.69. The molecule has 8 heteroatoms. The van der Waals surface area contributed by atoms with E-state index in [9.17, 15) is 9.59 Å². The van der Waals surface area contributed by atoms with E-state index in [4.69, 9.17) is 9.15 Å². The number of H-pyrrole nitrogens is 1. The summed E-state index contributed by atoms with van der Waals surface area (Å²) < 4.78 is 10.2. The molecule has 22 heavy (non-hydrogen) atoms. The highest BCUT2D eigenvalue weighted by molar-refractivity contribution is 5.98. The number of methoxy groups -OCH3 is 1. The standard InChI is InChI=1S/C14H16N4O4/c1-6(2)13-15-8(5-22-13)7-4-9(19)16-12-10(7)11(17-18-12)14(20)21-3/h5-7H,4H2,1-3H3,(H2,16,17,18,19)/t7-/m0/s1. The molecule has 3 heterocycles. The molecule has 1 amide bonds. The fourth-order valence-electron chi connectivity index (χ4n) is 2.49. The zero-order valence-corrected chi connectivity index (χ0v) is 12.5. The van der Waals surface area contributed by atoms with E-state index in [1.807, 2.05) is 13.8 Å². The summed E-state index contributed by atoms with van der Waals surface area (Å²) in [7, 11) is 1.29. The molecule has 2 N–H and O–H groups in total. The highest BCUT2D eigenvalue weighted by atomic mass is 16.5. The number of anilines is 1. The Labute approximate surface area is 126 Å². The maximum Gasteiger partial charge on any atom is 0.356 e. The van der Waals surface area contributed by atoms with Gasteiger partial charge in [-0.05, 0) is 0 Å². The number of ether oxygens (including phenoxy) is 1. The summed E-state index contributed by atoms with van der Waals surface area (Å²) in [6.45, 7) is 3.93. The van der Waals surface area contributed by atoms with Crippen LogP contribution in [0, 0.1) is 0 Å². The summed E-state index contributed by atoms with van der Waals surface area (Å²) >= 11 is 0. The second-order valence-electron chi connectivity index (χ2n) is 5.42. The summed E-state index contributed by atoms with van der Waals surface area (Å²) in [6, 6.07) is 0. The molecule has 3 rings (SSSR count). The van der Waals surface area contributed by atoms with Gasteiger partial charge in [-0.15, -0.1) is 0 Å². The quantitative estimate of drug-likeness (QED) is 0.836. The van der Waals surface area contributed by atoms with E-state index < -0.39 is 11.9 Å². The van der Waals surface area contributed by atoms with Crippen LogP contribution in [-0.2, 0) is 9.53 Å². The van der Waals surface area contributed by atoms with Crippen LogP contribution in [0.4, 0.5) is 5.82 Å². The molecule has 2 aromatic rings. The molecule has 1 aliphatic heterocycles. The normalized spacial score (nSPS) is 17.3. The van der Waals surface area contributed by atoms with Gasteiger partial charge in [0.05, 0.1) is 12.8 Å². The number of carbonyl (C=O) groups excluding carboxylic acids is 2. The van der Waals surface area contributed by atoms with E-state index in [1.54, 1.807) is 0 Å². The molecule has 1 aliphatic rings. The van der Waals surface area contributed by atoms with E-state index in [1.165, 1.54) is 13.4 Å². The molecule has 0 saturated carbocycles. The van der Waals surface area contributed by atoms with Crippen LogP contribution in [0.25, 0.3) is 0 Å². The Kier molecular flexibility index (Phi) is 3.44. The van der Waals surface area contributed by atoms with Gasteiger partial charge >= 0.3 is 5.97 Å². The van der Waals surface area contributed by atoms with Crippen molar-refractivity contribution in [3.8, 4) is 0 Å². The number of fused-ring (bicyclic) bond motifs is 1. The van der Waals surface area contributed by atoms with E-state index in [2.05, 4.69) is 20.5 Å². The SMILES string of the molecule is COC(=O)c1[nH]nc2c1[C@H](c1coc(C(C)C)n1)CC(=O)N2. The van der Waals surface area contributed by atoms with Crippen molar-refractivity contribution in [3.05, 3.63) is 29.1 Å². The number of nitrogens with zero attached hydrogens (tertiary/aromatic N) is 2. The Morgan fingerprint density at radius 2 is 2.27 bits per heavy atom. The highest BCUT2D eigenvalue weighted by Crippen LogP contribution is 2.38. The van der Waals surface area contributed by atoms with Crippen LogP contribution in [0.5, 0.6) is 0 Å². The zero-order chi connectivity index (χ0) is 15.9. The molecule has 0 bridgehead atoms. The van der Waals surface area contributed by atoms with Crippen LogP contribution in [0.2, 0.25) is 0 Å². The number of rotatable bonds is 3. The maximum atomic E-state index is 11.9. The van der Waals surface area contributed by atoms with Gasteiger partial charge in [-0.1, -0.05) is 13.8 Å². The van der Waals surface area contributed by atoms with Gasteiger partial charge in [0.2, 0.25) is 5.91 Å². The molecule has 8 nitrogen and oxygen atoms in total. The predicted molar refractivity (Wildman–Crippen MR) is 75.6 cm³/mol. The van der Waals surface area contributed by atoms with Crippen LogP contribution < -0.4 is 5.32 Å². The second kappa shape index (κ2) is 5.28. The summed E-state index contributed by atoms with van der Waals surface area (Å²) in [5.74, 6) is -0.0682. The number of aromatic amines is 1. The van der Waals surface area contributed by atoms with Gasteiger partial charge in [0.25, 0.3) is 0 Å². The van der Waals surface area contributed by atoms with Crippen molar-refractivity contribution in [2.24, 2.45) is 0 Å². The minimum absolute atomic E-state index is 0.134. The molecule has 0 spiro atoms. The van der Waals surface area contributed by atoms with Crippen molar-refractivity contribution in [1.29, 1.82) is 0 Å². The first-order valence-electron chi connectivity index (χ1n) is 6.93. The third kappa shape index (κ3) is 2.26. The first-order chi connectivity index (χ1) is 10.5. The fourth-order valence-corrected chi connectivity index (χ4v) is 2.49. The second-order valence-corrected chi connectivity index (χ2v) is 5.42. The van der Waals surface area contributed by atoms with Gasteiger partial charge in [0, 0.05) is 23.8 Å². The number of hydrogen-bond acceptors (Lipinski definition) is 6. The number of esters is 1. The van der Waals surface area contributed by atoms with Crippen molar-refractivity contribution in [3.63, 3.8) is 0 Å². The minimum atomic E-state index is -0.539. The van der Waals surface area contributed by atoms with Crippen LogP contribution in [-0.4, -0.2) is 34.2 Å². The monoisotopic (exact) mass is 304 g/mol. The van der Waals surface area contributed by atoms with Crippen LogP contribution >= 0.6 is 0 Å². The molecular formula is C14H16N4O4. The third-order valence-electron chi connectivity index (χ3n) is 3.58. The predicted octanol–water partition coefficient (Wildman–Crippen LogP) is 1.78. The number of hydrogen-bond donors (Lipinski definition) is 2. The Morgan fingerprint density at radius 3 is 2.91 bits per heavy atom. The van der Waals surface area contributed by atoms with Crippen molar-refractivity contribution < 1.29 is 18.7 Å². The van der Waals surface area contributed by atoms with Crippen molar-refractivity contribution >= 4 is 17.7 Å². The number of carbonyl (C=O) groups is 2. The van der Waals surface area contributed by atoms with E-state index in [0.717, 1.165) is 0 Å². The largest absolute Gasteiger partial charge is 0.464 e. The lowest BCUT2D eigenvalue weighted by Crippen LogP contribution is -2.24. The van der Waals surface area contributed by atoms with Crippen LogP contribution in [0.1, 0.15) is 59.7 Å².